The van der Waals surface area contributed by atoms with Crippen LogP contribution in [0, 0.1) is 0 Å². The number of nitrogens with zero attached hydrogens (tertiary/aromatic N) is 1. The minimum absolute atomic E-state index is 0.180. The first-order valence-corrected chi connectivity index (χ1v) is 8.13. The van der Waals surface area contributed by atoms with Crippen LogP contribution in [-0.4, -0.2) is 46.2 Å². The van der Waals surface area contributed by atoms with Crippen molar-refractivity contribution in [2.75, 3.05) is 6.54 Å². The third-order valence-electron chi connectivity index (χ3n) is 3.50. The van der Waals surface area contributed by atoms with Gasteiger partial charge in [-0.05, 0) is 32.9 Å². The summed E-state index contributed by atoms with van der Waals surface area (Å²) < 4.78 is 10.9. The molecule has 2 atom stereocenters. The SMILES string of the molecule is CC(C)(C)OC(=O)N1CC(OC(=O)c2ccccc2)CC1C(N)=S. The average Bonchev–Trinajstić information content (AvgIpc) is 2.90. The molecule has 1 aromatic carbocycles. The normalized spacial score (nSPS) is 20.5. The zero-order valence-electron chi connectivity index (χ0n) is 14.0. The lowest BCUT2D eigenvalue weighted by molar-refractivity contribution is 0.0179. The van der Waals surface area contributed by atoms with Gasteiger partial charge in [-0.15, -0.1) is 0 Å². The Hall–Kier alpha value is -2.15. The van der Waals surface area contributed by atoms with Crippen molar-refractivity contribution >= 4 is 29.3 Å². The van der Waals surface area contributed by atoms with Crippen molar-refractivity contribution in [3.05, 3.63) is 35.9 Å². The lowest BCUT2D eigenvalue weighted by Crippen LogP contribution is -2.45. The van der Waals surface area contributed by atoms with E-state index >= 15 is 0 Å². The average molecular weight is 350 g/mol. The highest BCUT2D eigenvalue weighted by Crippen LogP contribution is 2.24. The topological polar surface area (TPSA) is 81.9 Å². The number of amides is 1. The van der Waals surface area contributed by atoms with Crippen LogP contribution >= 0.6 is 12.2 Å². The predicted octanol–water partition coefficient (Wildman–Crippen LogP) is 2.51. The van der Waals surface area contributed by atoms with E-state index < -0.39 is 29.8 Å². The second-order valence-corrected chi connectivity index (χ2v) is 7.15. The van der Waals surface area contributed by atoms with Gasteiger partial charge < -0.3 is 15.2 Å². The molecule has 0 spiro atoms. The first kappa shape index (κ1) is 18.2. The van der Waals surface area contributed by atoms with Gasteiger partial charge in [0.05, 0.1) is 23.1 Å². The van der Waals surface area contributed by atoms with E-state index in [2.05, 4.69) is 0 Å². The molecule has 130 valence electrons. The number of ether oxygens (including phenoxy) is 2. The number of likely N-dealkylation sites (tertiary alicyclic amines) is 1. The number of rotatable bonds is 3. The molecule has 0 saturated carbocycles. The zero-order chi connectivity index (χ0) is 17.9. The first-order valence-electron chi connectivity index (χ1n) is 7.72. The molecule has 1 aliphatic rings. The quantitative estimate of drug-likeness (QED) is 0.666. The summed E-state index contributed by atoms with van der Waals surface area (Å²) >= 11 is 5.04. The van der Waals surface area contributed by atoms with Gasteiger partial charge in [0.2, 0.25) is 0 Å². The third kappa shape index (κ3) is 4.67. The molecule has 1 fully saturated rings. The fourth-order valence-corrected chi connectivity index (χ4v) is 2.69. The van der Waals surface area contributed by atoms with Crippen LogP contribution in [0.15, 0.2) is 30.3 Å². The number of esters is 1. The smallest absolute Gasteiger partial charge is 0.411 e. The Morgan fingerprint density at radius 1 is 1.25 bits per heavy atom. The largest absolute Gasteiger partial charge is 0.457 e. The van der Waals surface area contributed by atoms with E-state index in [0.717, 1.165) is 0 Å². The molecule has 7 heteroatoms. The molecule has 0 bridgehead atoms. The van der Waals surface area contributed by atoms with E-state index in [-0.39, 0.29) is 11.5 Å². The fourth-order valence-electron chi connectivity index (χ4n) is 2.47. The van der Waals surface area contributed by atoms with Gasteiger partial charge in [0, 0.05) is 6.42 Å². The lowest BCUT2D eigenvalue weighted by atomic mass is 10.2. The summed E-state index contributed by atoms with van der Waals surface area (Å²) in [4.78, 5) is 26.1. The zero-order valence-corrected chi connectivity index (χ0v) is 14.8. The number of hydrogen-bond donors (Lipinski definition) is 1. The van der Waals surface area contributed by atoms with Gasteiger partial charge in [0.1, 0.15) is 11.7 Å². The van der Waals surface area contributed by atoms with Crippen molar-refractivity contribution in [1.82, 2.24) is 4.90 Å². The number of carbonyl (C=O) groups excluding carboxylic acids is 2. The predicted molar refractivity (Wildman–Crippen MR) is 93.8 cm³/mol. The highest BCUT2D eigenvalue weighted by molar-refractivity contribution is 7.80. The van der Waals surface area contributed by atoms with Crippen molar-refractivity contribution in [1.29, 1.82) is 0 Å². The maximum absolute atomic E-state index is 12.3. The first-order chi connectivity index (χ1) is 11.2. The Morgan fingerprint density at radius 3 is 2.42 bits per heavy atom. The van der Waals surface area contributed by atoms with Crippen LogP contribution in [0.25, 0.3) is 0 Å². The number of carbonyl (C=O) groups is 2. The molecule has 2 N–H and O–H groups in total. The number of thiocarbonyl (C=S) groups is 1. The molecule has 6 nitrogen and oxygen atoms in total. The standard InChI is InChI=1S/C17H22N2O4S/c1-17(2,3)23-16(21)19-10-12(9-13(19)14(18)24)22-15(20)11-7-5-4-6-8-11/h4-8,12-13H,9-10H2,1-3H3,(H2,18,24). The van der Waals surface area contributed by atoms with Crippen LogP contribution in [0.1, 0.15) is 37.6 Å². The molecule has 1 amide bonds. The van der Waals surface area contributed by atoms with E-state index in [1.165, 1.54) is 4.90 Å². The molecule has 1 heterocycles. The maximum atomic E-state index is 12.3. The second-order valence-electron chi connectivity index (χ2n) is 6.68. The molecular formula is C17H22N2O4S. The van der Waals surface area contributed by atoms with Crippen molar-refractivity contribution in [3.8, 4) is 0 Å². The number of benzene rings is 1. The second kappa shape index (κ2) is 7.17. The molecule has 0 radical (unpaired) electrons. The minimum atomic E-state index is -0.628. The minimum Gasteiger partial charge on any atom is -0.457 e. The Bertz CT molecular complexity index is 627. The monoisotopic (exact) mass is 350 g/mol. The fraction of sp³-hybridized carbons (Fsp3) is 0.471. The van der Waals surface area contributed by atoms with Gasteiger partial charge in [-0.2, -0.15) is 0 Å². The summed E-state index contributed by atoms with van der Waals surface area (Å²) in [5.41, 5.74) is 5.57. The summed E-state index contributed by atoms with van der Waals surface area (Å²) in [5, 5.41) is 0. The molecule has 0 aliphatic carbocycles. The van der Waals surface area contributed by atoms with Gasteiger partial charge in [0.25, 0.3) is 0 Å². The molecule has 1 aliphatic heterocycles. The molecule has 1 aromatic rings. The summed E-state index contributed by atoms with van der Waals surface area (Å²) in [5.74, 6) is -0.437. The van der Waals surface area contributed by atoms with Gasteiger partial charge >= 0.3 is 12.1 Å². The van der Waals surface area contributed by atoms with Crippen LogP contribution in [0.2, 0.25) is 0 Å². The van der Waals surface area contributed by atoms with E-state index in [9.17, 15) is 9.59 Å². The van der Waals surface area contributed by atoms with Crippen LogP contribution in [0.5, 0.6) is 0 Å². The van der Waals surface area contributed by atoms with Crippen LogP contribution in [0.4, 0.5) is 4.79 Å². The van der Waals surface area contributed by atoms with Gasteiger partial charge in [-0.25, -0.2) is 9.59 Å². The van der Waals surface area contributed by atoms with E-state index in [1.54, 1.807) is 45.0 Å². The van der Waals surface area contributed by atoms with E-state index in [4.69, 9.17) is 27.4 Å². The lowest BCUT2D eigenvalue weighted by Gasteiger charge is -2.27. The Kier molecular flexibility index (Phi) is 5.43. The van der Waals surface area contributed by atoms with Crippen molar-refractivity contribution in [3.63, 3.8) is 0 Å². The molecule has 0 aromatic heterocycles. The Morgan fingerprint density at radius 2 is 1.88 bits per heavy atom. The highest BCUT2D eigenvalue weighted by atomic mass is 32.1. The third-order valence-corrected chi connectivity index (χ3v) is 3.77. The van der Waals surface area contributed by atoms with Gasteiger partial charge in [-0.3, -0.25) is 4.90 Å². The van der Waals surface area contributed by atoms with E-state index in [0.29, 0.717) is 12.0 Å². The van der Waals surface area contributed by atoms with Crippen molar-refractivity contribution in [2.45, 2.75) is 44.9 Å². The van der Waals surface area contributed by atoms with Crippen LogP contribution < -0.4 is 5.73 Å². The maximum Gasteiger partial charge on any atom is 0.411 e. The van der Waals surface area contributed by atoms with Crippen molar-refractivity contribution in [2.24, 2.45) is 5.73 Å². The summed E-state index contributed by atoms with van der Waals surface area (Å²) in [6, 6.07) is 8.21. The van der Waals surface area contributed by atoms with Gasteiger partial charge in [-0.1, -0.05) is 30.4 Å². The highest BCUT2D eigenvalue weighted by Gasteiger charge is 2.40. The summed E-state index contributed by atoms with van der Waals surface area (Å²) in [6.07, 6.45) is -0.622. The molecular weight excluding hydrogens is 328 g/mol. The Labute approximate surface area is 146 Å². The van der Waals surface area contributed by atoms with Crippen molar-refractivity contribution < 1.29 is 19.1 Å². The number of nitrogens with two attached hydrogens (primary N) is 1. The summed E-state index contributed by atoms with van der Waals surface area (Å²) in [7, 11) is 0. The Balaban J connectivity index is 2.05. The molecule has 1 saturated heterocycles. The molecule has 2 rings (SSSR count). The van der Waals surface area contributed by atoms with Crippen LogP contribution in [0.3, 0.4) is 0 Å². The molecule has 24 heavy (non-hydrogen) atoms. The van der Waals surface area contributed by atoms with Gasteiger partial charge in [0.15, 0.2) is 0 Å². The number of hydrogen-bond acceptors (Lipinski definition) is 5. The summed E-state index contributed by atoms with van der Waals surface area (Å²) in [6.45, 7) is 5.55. The molecule has 2 unspecified atom stereocenters. The van der Waals surface area contributed by atoms with Crippen LogP contribution in [-0.2, 0) is 9.47 Å². The van der Waals surface area contributed by atoms with E-state index in [1.807, 2.05) is 6.07 Å².